The van der Waals surface area contributed by atoms with Crippen molar-refractivity contribution in [2.75, 3.05) is 19.8 Å². The quantitative estimate of drug-likeness (QED) is 0.462. The zero-order valence-corrected chi connectivity index (χ0v) is 10.4. The van der Waals surface area contributed by atoms with Crippen LogP contribution in [-0.2, 0) is 14.3 Å². The van der Waals surface area contributed by atoms with Crippen molar-refractivity contribution in [1.29, 1.82) is 0 Å². The van der Waals surface area contributed by atoms with Gasteiger partial charge in [0.15, 0.2) is 0 Å². The molecule has 0 aliphatic heterocycles. The minimum absolute atomic E-state index is 0.0385. The van der Waals surface area contributed by atoms with E-state index in [9.17, 15) is 4.79 Å². The molecule has 0 N–H and O–H groups in total. The zero-order chi connectivity index (χ0) is 11.7. The van der Waals surface area contributed by atoms with Gasteiger partial charge in [-0.3, -0.25) is 4.79 Å². The van der Waals surface area contributed by atoms with Crippen LogP contribution in [-0.4, -0.2) is 25.8 Å². The standard InChI is InChI=1S/C12H24O3/c1-5-10(4)11(6-2)12(13)15-9-8-14-7-3/h10-11H,5-9H2,1-4H3. The molecule has 2 atom stereocenters. The van der Waals surface area contributed by atoms with Crippen molar-refractivity contribution < 1.29 is 14.3 Å². The molecular formula is C12H24O3. The highest BCUT2D eigenvalue weighted by Gasteiger charge is 2.23. The van der Waals surface area contributed by atoms with Crippen LogP contribution >= 0.6 is 0 Å². The van der Waals surface area contributed by atoms with E-state index >= 15 is 0 Å². The number of hydrogen-bond donors (Lipinski definition) is 0. The second-order valence-corrected chi connectivity index (χ2v) is 3.76. The van der Waals surface area contributed by atoms with Crippen LogP contribution in [0.25, 0.3) is 0 Å². The SMILES string of the molecule is CCOCCOC(=O)C(CC)C(C)CC. The lowest BCUT2D eigenvalue weighted by molar-refractivity contribution is -0.152. The highest BCUT2D eigenvalue weighted by atomic mass is 16.6. The van der Waals surface area contributed by atoms with Gasteiger partial charge in [0.2, 0.25) is 0 Å². The Balaban J connectivity index is 3.83. The molecule has 0 spiro atoms. The molecule has 3 heteroatoms. The lowest BCUT2D eigenvalue weighted by Gasteiger charge is -2.19. The van der Waals surface area contributed by atoms with Crippen molar-refractivity contribution in [2.24, 2.45) is 11.8 Å². The van der Waals surface area contributed by atoms with Gasteiger partial charge >= 0.3 is 5.97 Å². The molecule has 0 aromatic carbocycles. The van der Waals surface area contributed by atoms with Crippen LogP contribution in [0.5, 0.6) is 0 Å². The number of esters is 1. The van der Waals surface area contributed by atoms with E-state index in [0.717, 1.165) is 12.8 Å². The van der Waals surface area contributed by atoms with Crippen molar-refractivity contribution in [2.45, 2.75) is 40.5 Å². The fourth-order valence-corrected chi connectivity index (χ4v) is 1.54. The molecule has 0 bridgehead atoms. The molecular weight excluding hydrogens is 192 g/mol. The molecule has 0 aromatic rings. The van der Waals surface area contributed by atoms with Crippen LogP contribution < -0.4 is 0 Å². The van der Waals surface area contributed by atoms with Crippen molar-refractivity contribution in [3.8, 4) is 0 Å². The number of carbonyl (C=O) groups excluding carboxylic acids is 1. The molecule has 0 aliphatic rings. The molecule has 2 unspecified atom stereocenters. The van der Waals surface area contributed by atoms with E-state index < -0.39 is 0 Å². The Hall–Kier alpha value is -0.570. The average Bonchev–Trinajstić information content (AvgIpc) is 2.25. The summed E-state index contributed by atoms with van der Waals surface area (Å²) in [6, 6.07) is 0. The van der Waals surface area contributed by atoms with Gasteiger partial charge in [0.05, 0.1) is 12.5 Å². The minimum atomic E-state index is -0.0773. The van der Waals surface area contributed by atoms with Crippen LogP contribution in [0.15, 0.2) is 0 Å². The summed E-state index contributed by atoms with van der Waals surface area (Å²) in [5.41, 5.74) is 0. The summed E-state index contributed by atoms with van der Waals surface area (Å²) in [6.45, 7) is 9.69. The van der Waals surface area contributed by atoms with Gasteiger partial charge in [-0.05, 0) is 19.3 Å². The van der Waals surface area contributed by atoms with Gasteiger partial charge in [0.1, 0.15) is 6.61 Å². The number of carbonyl (C=O) groups is 1. The molecule has 0 fully saturated rings. The summed E-state index contributed by atoms with van der Waals surface area (Å²) in [5.74, 6) is 0.359. The first kappa shape index (κ1) is 14.4. The minimum Gasteiger partial charge on any atom is -0.463 e. The molecule has 0 saturated carbocycles. The highest BCUT2D eigenvalue weighted by molar-refractivity contribution is 5.72. The van der Waals surface area contributed by atoms with Crippen molar-refractivity contribution >= 4 is 5.97 Å². The van der Waals surface area contributed by atoms with E-state index in [-0.39, 0.29) is 11.9 Å². The second kappa shape index (κ2) is 8.72. The first-order chi connectivity index (χ1) is 7.17. The molecule has 0 radical (unpaired) electrons. The van der Waals surface area contributed by atoms with Gasteiger partial charge in [-0.1, -0.05) is 27.2 Å². The Bertz CT molecular complexity index is 168. The fourth-order valence-electron chi connectivity index (χ4n) is 1.54. The van der Waals surface area contributed by atoms with Gasteiger partial charge in [-0.15, -0.1) is 0 Å². The third kappa shape index (κ3) is 5.78. The van der Waals surface area contributed by atoms with E-state index in [1.807, 2.05) is 13.8 Å². The smallest absolute Gasteiger partial charge is 0.309 e. The second-order valence-electron chi connectivity index (χ2n) is 3.76. The Morgan fingerprint density at radius 3 is 2.27 bits per heavy atom. The molecule has 90 valence electrons. The first-order valence-electron chi connectivity index (χ1n) is 5.91. The van der Waals surface area contributed by atoms with Gasteiger partial charge in [0, 0.05) is 6.61 Å². The maximum absolute atomic E-state index is 11.7. The summed E-state index contributed by atoms with van der Waals surface area (Å²) < 4.78 is 10.3. The van der Waals surface area contributed by atoms with Crippen LogP contribution in [0.2, 0.25) is 0 Å². The predicted octanol–water partition coefficient (Wildman–Crippen LogP) is 2.64. The summed E-state index contributed by atoms with van der Waals surface area (Å²) in [6.07, 6.45) is 1.86. The van der Waals surface area contributed by atoms with Crippen molar-refractivity contribution in [1.82, 2.24) is 0 Å². The van der Waals surface area contributed by atoms with E-state index in [0.29, 0.717) is 25.7 Å². The van der Waals surface area contributed by atoms with Crippen LogP contribution in [0.3, 0.4) is 0 Å². The first-order valence-corrected chi connectivity index (χ1v) is 5.91. The number of hydrogen-bond acceptors (Lipinski definition) is 3. The van der Waals surface area contributed by atoms with E-state index in [4.69, 9.17) is 9.47 Å². The lowest BCUT2D eigenvalue weighted by atomic mass is 9.90. The third-order valence-corrected chi connectivity index (χ3v) is 2.75. The van der Waals surface area contributed by atoms with Crippen LogP contribution in [0.4, 0.5) is 0 Å². The molecule has 0 rings (SSSR count). The topological polar surface area (TPSA) is 35.5 Å². The highest BCUT2D eigenvalue weighted by Crippen LogP contribution is 2.19. The Morgan fingerprint density at radius 1 is 1.13 bits per heavy atom. The zero-order valence-electron chi connectivity index (χ0n) is 10.4. The van der Waals surface area contributed by atoms with Crippen molar-refractivity contribution in [3.63, 3.8) is 0 Å². The van der Waals surface area contributed by atoms with Crippen LogP contribution in [0, 0.1) is 11.8 Å². The molecule has 0 aliphatic carbocycles. The Kier molecular flexibility index (Phi) is 8.38. The molecule has 15 heavy (non-hydrogen) atoms. The molecule has 0 aromatic heterocycles. The van der Waals surface area contributed by atoms with E-state index in [2.05, 4.69) is 13.8 Å². The fraction of sp³-hybridized carbons (Fsp3) is 0.917. The van der Waals surface area contributed by atoms with E-state index in [1.165, 1.54) is 0 Å². The normalized spacial score (nSPS) is 14.7. The van der Waals surface area contributed by atoms with Crippen molar-refractivity contribution in [3.05, 3.63) is 0 Å². The number of rotatable bonds is 8. The Morgan fingerprint density at radius 2 is 1.80 bits per heavy atom. The number of ether oxygens (including phenoxy) is 2. The molecule has 0 saturated heterocycles. The molecule has 0 amide bonds. The summed E-state index contributed by atoms with van der Waals surface area (Å²) in [5, 5.41) is 0. The third-order valence-electron chi connectivity index (χ3n) is 2.75. The Labute approximate surface area is 93.1 Å². The lowest BCUT2D eigenvalue weighted by Crippen LogP contribution is -2.24. The van der Waals surface area contributed by atoms with E-state index in [1.54, 1.807) is 0 Å². The predicted molar refractivity (Wildman–Crippen MR) is 60.7 cm³/mol. The summed E-state index contributed by atoms with van der Waals surface area (Å²) in [4.78, 5) is 11.7. The van der Waals surface area contributed by atoms with Gasteiger partial charge in [0.25, 0.3) is 0 Å². The largest absolute Gasteiger partial charge is 0.463 e. The van der Waals surface area contributed by atoms with Gasteiger partial charge < -0.3 is 9.47 Å². The van der Waals surface area contributed by atoms with Crippen LogP contribution in [0.1, 0.15) is 40.5 Å². The molecule has 0 heterocycles. The van der Waals surface area contributed by atoms with Gasteiger partial charge in [-0.2, -0.15) is 0 Å². The molecule has 3 nitrogen and oxygen atoms in total. The monoisotopic (exact) mass is 216 g/mol. The van der Waals surface area contributed by atoms with Gasteiger partial charge in [-0.25, -0.2) is 0 Å². The summed E-state index contributed by atoms with van der Waals surface area (Å²) >= 11 is 0. The maximum Gasteiger partial charge on any atom is 0.309 e. The summed E-state index contributed by atoms with van der Waals surface area (Å²) in [7, 11) is 0. The maximum atomic E-state index is 11.7. The average molecular weight is 216 g/mol.